The summed E-state index contributed by atoms with van der Waals surface area (Å²) in [7, 11) is -2.28. The lowest BCUT2D eigenvalue weighted by molar-refractivity contribution is -0.133. The first-order valence-electron chi connectivity index (χ1n) is 8.26. The first-order chi connectivity index (χ1) is 12.7. The molecule has 0 heterocycles. The van der Waals surface area contributed by atoms with Crippen molar-refractivity contribution in [3.05, 3.63) is 28.8 Å². The predicted molar refractivity (Wildman–Crippen MR) is 99.7 cm³/mol. The molecule has 1 aromatic carbocycles. The second-order valence-electron chi connectivity index (χ2n) is 5.53. The third kappa shape index (κ3) is 5.92. The number of amides is 1. The van der Waals surface area contributed by atoms with E-state index in [-0.39, 0.29) is 41.5 Å². The fourth-order valence-electron chi connectivity index (χ4n) is 2.19. The maximum absolute atomic E-state index is 12.6. The van der Waals surface area contributed by atoms with Gasteiger partial charge >= 0.3 is 5.97 Å². The van der Waals surface area contributed by atoms with E-state index in [9.17, 15) is 18.0 Å². The van der Waals surface area contributed by atoms with Gasteiger partial charge in [0, 0.05) is 26.7 Å². The van der Waals surface area contributed by atoms with Gasteiger partial charge in [-0.15, -0.1) is 0 Å². The van der Waals surface area contributed by atoms with Crippen LogP contribution in [0.3, 0.4) is 0 Å². The number of benzene rings is 1. The quantitative estimate of drug-likeness (QED) is 0.570. The normalized spacial score (nSPS) is 11.1. The van der Waals surface area contributed by atoms with Crippen LogP contribution in [0.25, 0.3) is 0 Å². The van der Waals surface area contributed by atoms with Crippen LogP contribution in [-0.4, -0.2) is 62.8 Å². The Bertz CT molecular complexity index is 831. The first-order valence-corrected chi connectivity index (χ1v) is 10.1. The van der Waals surface area contributed by atoms with Crippen LogP contribution in [0.1, 0.15) is 30.6 Å². The number of hydrogen-bond donors (Lipinski definition) is 0. The van der Waals surface area contributed by atoms with Crippen molar-refractivity contribution < 1.29 is 22.7 Å². The van der Waals surface area contributed by atoms with Crippen molar-refractivity contribution in [2.24, 2.45) is 0 Å². The Hall–Kier alpha value is -2.15. The summed E-state index contributed by atoms with van der Waals surface area (Å²) in [5, 5.41) is 8.54. The molecule has 0 unspecified atom stereocenters. The summed E-state index contributed by atoms with van der Waals surface area (Å²) in [6, 6.07) is 5.67. The van der Waals surface area contributed by atoms with Crippen LogP contribution in [0.5, 0.6) is 0 Å². The summed E-state index contributed by atoms with van der Waals surface area (Å²) < 4.78 is 31.4. The van der Waals surface area contributed by atoms with Crippen molar-refractivity contribution >= 4 is 33.5 Å². The molecule has 0 aromatic heterocycles. The Morgan fingerprint density at radius 2 is 1.89 bits per heavy atom. The molecule has 0 saturated carbocycles. The minimum absolute atomic E-state index is 0.0174. The minimum Gasteiger partial charge on any atom is -0.452 e. The highest BCUT2D eigenvalue weighted by atomic mass is 35.5. The van der Waals surface area contributed by atoms with E-state index < -0.39 is 28.5 Å². The van der Waals surface area contributed by atoms with Gasteiger partial charge in [0.2, 0.25) is 10.0 Å². The highest BCUT2D eigenvalue weighted by Gasteiger charge is 2.24. The third-order valence-corrected chi connectivity index (χ3v) is 6.19. The molecule has 0 spiro atoms. The molecule has 1 aromatic rings. The number of ether oxygens (including phenoxy) is 1. The topological polar surface area (TPSA) is 108 Å². The molecule has 0 aliphatic carbocycles. The number of carbonyl (C=O) groups is 2. The van der Waals surface area contributed by atoms with Crippen molar-refractivity contribution in [3.8, 4) is 6.07 Å². The van der Waals surface area contributed by atoms with Gasteiger partial charge < -0.3 is 9.64 Å². The monoisotopic (exact) mass is 415 g/mol. The maximum Gasteiger partial charge on any atom is 0.340 e. The van der Waals surface area contributed by atoms with Crippen molar-refractivity contribution in [3.63, 3.8) is 0 Å². The van der Waals surface area contributed by atoms with E-state index in [2.05, 4.69) is 0 Å². The molecule has 0 N–H and O–H groups in total. The van der Waals surface area contributed by atoms with Crippen LogP contribution in [0.4, 0.5) is 0 Å². The molecule has 10 heteroatoms. The lowest BCUT2D eigenvalue weighted by atomic mass is 10.2. The second-order valence-corrected chi connectivity index (χ2v) is 7.88. The number of halogens is 1. The Balaban J connectivity index is 2.96. The summed E-state index contributed by atoms with van der Waals surface area (Å²) in [5.74, 6) is -1.39. The Morgan fingerprint density at radius 1 is 1.26 bits per heavy atom. The lowest BCUT2D eigenvalue weighted by Gasteiger charge is -2.19. The van der Waals surface area contributed by atoms with Crippen LogP contribution in [0.2, 0.25) is 5.02 Å². The number of nitrogens with zero attached hydrogens (tertiary/aromatic N) is 3. The Kier molecular flexibility index (Phi) is 8.69. The minimum atomic E-state index is -3.77. The largest absolute Gasteiger partial charge is 0.452 e. The van der Waals surface area contributed by atoms with E-state index in [4.69, 9.17) is 21.6 Å². The molecule has 0 atom stereocenters. The Labute approximate surface area is 164 Å². The van der Waals surface area contributed by atoms with Crippen LogP contribution in [0.15, 0.2) is 23.1 Å². The molecule has 0 radical (unpaired) electrons. The van der Waals surface area contributed by atoms with E-state index in [1.54, 1.807) is 13.8 Å². The average Bonchev–Trinajstić information content (AvgIpc) is 2.64. The smallest absolute Gasteiger partial charge is 0.340 e. The summed E-state index contributed by atoms with van der Waals surface area (Å²) in [6.07, 6.45) is 0.160. The number of nitriles is 1. The summed E-state index contributed by atoms with van der Waals surface area (Å²) in [6.45, 7) is 3.66. The van der Waals surface area contributed by atoms with Crippen LogP contribution in [-0.2, 0) is 19.6 Å². The second kappa shape index (κ2) is 10.3. The van der Waals surface area contributed by atoms with Gasteiger partial charge in [0.05, 0.1) is 28.0 Å². The number of esters is 1. The maximum atomic E-state index is 12.6. The van der Waals surface area contributed by atoms with Crippen molar-refractivity contribution in [2.45, 2.75) is 25.2 Å². The standard InChI is InChI=1S/C17H22ClN3O5S/c1-4-21(5-2)27(24,25)13-7-8-15(18)14(11-13)17(23)26-12-16(22)20(3)10-6-9-19/h7-8,11H,4-6,10,12H2,1-3H3. The SMILES string of the molecule is CCN(CC)S(=O)(=O)c1ccc(Cl)c(C(=O)OCC(=O)N(C)CCC#N)c1. The van der Waals surface area contributed by atoms with Crippen LogP contribution < -0.4 is 0 Å². The number of likely N-dealkylation sites (N-methyl/N-ethyl adjacent to an activating group) is 1. The predicted octanol–water partition coefficient (Wildman–Crippen LogP) is 1.90. The molecule has 0 aliphatic heterocycles. The van der Waals surface area contributed by atoms with Gasteiger partial charge in [-0.25, -0.2) is 13.2 Å². The number of sulfonamides is 1. The number of hydrogen-bond acceptors (Lipinski definition) is 6. The molecule has 0 saturated heterocycles. The zero-order valence-electron chi connectivity index (χ0n) is 15.4. The zero-order chi connectivity index (χ0) is 20.6. The molecule has 0 aliphatic rings. The molecule has 1 rings (SSSR count). The molecule has 1 amide bonds. The van der Waals surface area contributed by atoms with Crippen LogP contribution in [0, 0.1) is 11.3 Å². The van der Waals surface area contributed by atoms with Gasteiger partial charge in [-0.2, -0.15) is 9.57 Å². The number of rotatable bonds is 9. The summed E-state index contributed by atoms with van der Waals surface area (Å²) in [5.41, 5.74) is -0.141. The average molecular weight is 416 g/mol. The lowest BCUT2D eigenvalue weighted by Crippen LogP contribution is -2.32. The third-order valence-electron chi connectivity index (χ3n) is 3.81. The molecular weight excluding hydrogens is 394 g/mol. The van der Waals surface area contributed by atoms with E-state index in [1.807, 2.05) is 6.07 Å². The first kappa shape index (κ1) is 22.9. The van der Waals surface area contributed by atoms with Crippen LogP contribution >= 0.6 is 11.6 Å². The summed E-state index contributed by atoms with van der Waals surface area (Å²) in [4.78, 5) is 25.3. The molecule has 148 valence electrons. The number of carbonyl (C=O) groups excluding carboxylic acids is 2. The van der Waals surface area contributed by atoms with E-state index in [0.717, 1.165) is 6.07 Å². The fraction of sp³-hybridized carbons (Fsp3) is 0.471. The van der Waals surface area contributed by atoms with Gasteiger partial charge in [-0.05, 0) is 18.2 Å². The van der Waals surface area contributed by atoms with Crippen molar-refractivity contribution in [1.82, 2.24) is 9.21 Å². The van der Waals surface area contributed by atoms with E-state index in [1.165, 1.54) is 28.4 Å². The van der Waals surface area contributed by atoms with Gasteiger partial charge in [-0.1, -0.05) is 25.4 Å². The molecule has 27 heavy (non-hydrogen) atoms. The fourth-order valence-corrected chi connectivity index (χ4v) is 3.87. The summed E-state index contributed by atoms with van der Waals surface area (Å²) >= 11 is 5.99. The van der Waals surface area contributed by atoms with Crippen molar-refractivity contribution in [1.29, 1.82) is 5.26 Å². The highest BCUT2D eigenvalue weighted by Crippen LogP contribution is 2.23. The van der Waals surface area contributed by atoms with E-state index >= 15 is 0 Å². The highest BCUT2D eigenvalue weighted by molar-refractivity contribution is 7.89. The molecular formula is C17H22ClN3O5S. The van der Waals surface area contributed by atoms with Gasteiger partial charge in [0.1, 0.15) is 0 Å². The van der Waals surface area contributed by atoms with Gasteiger partial charge in [-0.3, -0.25) is 4.79 Å². The zero-order valence-corrected chi connectivity index (χ0v) is 17.0. The molecule has 0 fully saturated rings. The molecule has 0 bridgehead atoms. The van der Waals surface area contributed by atoms with Crippen molar-refractivity contribution in [2.75, 3.05) is 33.3 Å². The molecule has 8 nitrogen and oxygen atoms in total. The van der Waals surface area contributed by atoms with E-state index in [0.29, 0.717) is 0 Å². The van der Waals surface area contributed by atoms with Gasteiger partial charge in [0.25, 0.3) is 5.91 Å². The Morgan fingerprint density at radius 3 is 2.44 bits per heavy atom. The van der Waals surface area contributed by atoms with Gasteiger partial charge in [0.15, 0.2) is 6.61 Å².